The normalized spacial score (nSPS) is 12.6. The van der Waals surface area contributed by atoms with Gasteiger partial charge in [0, 0.05) is 18.2 Å². The van der Waals surface area contributed by atoms with Gasteiger partial charge >= 0.3 is 0 Å². The van der Waals surface area contributed by atoms with Crippen molar-refractivity contribution in [3.63, 3.8) is 0 Å². The Morgan fingerprint density at radius 3 is 2.55 bits per heavy atom. The number of imidazole rings is 1. The molecule has 1 aromatic carbocycles. The number of alkyl halides is 1. The minimum Gasteiger partial charge on any atom is -0.325 e. The number of likely N-dealkylation sites (N-methyl/N-ethyl adjacent to an activating group) is 1. The summed E-state index contributed by atoms with van der Waals surface area (Å²) in [6.45, 7) is 4.89. The maximum absolute atomic E-state index is 13.7. The summed E-state index contributed by atoms with van der Waals surface area (Å²) in [7, 11) is 4.02. The van der Waals surface area contributed by atoms with E-state index in [1.807, 2.05) is 18.7 Å². The van der Waals surface area contributed by atoms with Gasteiger partial charge in [0.05, 0.1) is 21.9 Å². The monoisotopic (exact) mass is 317 g/mol. The Bertz CT molecular complexity index is 635. The number of aromatic nitrogens is 2. The van der Waals surface area contributed by atoms with Gasteiger partial charge in [-0.15, -0.1) is 11.6 Å². The summed E-state index contributed by atoms with van der Waals surface area (Å²) in [5.74, 6) is 0.555. The van der Waals surface area contributed by atoms with Crippen LogP contribution < -0.4 is 0 Å². The lowest BCUT2D eigenvalue weighted by Gasteiger charge is -2.33. The molecule has 0 aliphatic rings. The fourth-order valence-electron chi connectivity index (χ4n) is 1.98. The molecular weight excluding hydrogens is 300 g/mol. The molecule has 0 unspecified atom stereocenters. The van der Waals surface area contributed by atoms with Crippen LogP contribution in [0.25, 0.3) is 11.0 Å². The van der Waals surface area contributed by atoms with E-state index < -0.39 is 5.82 Å². The van der Waals surface area contributed by atoms with E-state index in [-0.39, 0.29) is 16.4 Å². The maximum Gasteiger partial charge on any atom is 0.144 e. The molecule has 0 spiro atoms. The van der Waals surface area contributed by atoms with Crippen LogP contribution in [0.1, 0.15) is 19.7 Å². The van der Waals surface area contributed by atoms with Gasteiger partial charge in [-0.3, -0.25) is 0 Å². The van der Waals surface area contributed by atoms with E-state index in [0.717, 1.165) is 11.3 Å². The van der Waals surface area contributed by atoms with Crippen LogP contribution in [0.2, 0.25) is 5.02 Å². The molecule has 0 amide bonds. The van der Waals surface area contributed by atoms with Crippen LogP contribution in [0.5, 0.6) is 0 Å². The minimum atomic E-state index is -0.441. The van der Waals surface area contributed by atoms with E-state index in [1.165, 1.54) is 6.07 Å². The molecule has 2 rings (SSSR count). The van der Waals surface area contributed by atoms with Gasteiger partial charge in [-0.25, -0.2) is 9.37 Å². The third-order valence-electron chi connectivity index (χ3n) is 3.74. The molecule has 2 aromatic rings. The first-order valence-corrected chi connectivity index (χ1v) is 7.25. The summed E-state index contributed by atoms with van der Waals surface area (Å²) in [4.78, 5) is 6.55. The number of hydrogen-bond acceptors (Lipinski definition) is 2. The lowest BCUT2D eigenvalue weighted by molar-refractivity contribution is 0.170. The molecule has 20 heavy (non-hydrogen) atoms. The maximum atomic E-state index is 13.7. The van der Waals surface area contributed by atoms with Gasteiger partial charge in [-0.1, -0.05) is 11.6 Å². The van der Waals surface area contributed by atoms with Crippen molar-refractivity contribution < 1.29 is 4.39 Å². The molecule has 1 aromatic heterocycles. The van der Waals surface area contributed by atoms with E-state index in [4.69, 9.17) is 23.2 Å². The van der Waals surface area contributed by atoms with Gasteiger partial charge in [0.25, 0.3) is 0 Å². The van der Waals surface area contributed by atoms with Gasteiger partial charge in [-0.2, -0.15) is 0 Å². The smallest absolute Gasteiger partial charge is 0.144 e. The average Bonchev–Trinajstić information content (AvgIpc) is 2.67. The highest BCUT2D eigenvalue weighted by Gasteiger charge is 2.24. The summed E-state index contributed by atoms with van der Waals surface area (Å²) >= 11 is 11.8. The van der Waals surface area contributed by atoms with Crippen molar-refractivity contribution >= 4 is 34.2 Å². The summed E-state index contributed by atoms with van der Waals surface area (Å²) in [5.41, 5.74) is 1.28. The lowest BCUT2D eigenvalue weighted by Crippen LogP contribution is -2.42. The molecule has 0 radical (unpaired) electrons. The Morgan fingerprint density at radius 1 is 1.35 bits per heavy atom. The Morgan fingerprint density at radius 2 is 2.00 bits per heavy atom. The highest BCUT2D eigenvalue weighted by atomic mass is 35.5. The van der Waals surface area contributed by atoms with Crippen LogP contribution in [0.4, 0.5) is 4.39 Å². The van der Waals surface area contributed by atoms with Crippen LogP contribution in [0.15, 0.2) is 12.1 Å². The predicted octanol–water partition coefficient (Wildman–Crippen LogP) is 3.91. The summed E-state index contributed by atoms with van der Waals surface area (Å²) in [5, 5.41) is 0.0788. The van der Waals surface area contributed by atoms with E-state index >= 15 is 0 Å². The molecule has 0 aliphatic carbocycles. The van der Waals surface area contributed by atoms with Gasteiger partial charge in [0.15, 0.2) is 0 Å². The average molecular weight is 318 g/mol. The molecule has 0 saturated heterocycles. The van der Waals surface area contributed by atoms with E-state index in [1.54, 1.807) is 6.07 Å². The van der Waals surface area contributed by atoms with Crippen LogP contribution in [-0.4, -0.2) is 34.1 Å². The standard InChI is InChI=1S/C14H18Cl2FN3/c1-14(2,19(3)4)8-20-12-6-10(17)9(16)5-11(12)18-13(20)7-15/h5-6H,7-8H2,1-4H3. The topological polar surface area (TPSA) is 21.1 Å². The van der Waals surface area contributed by atoms with Gasteiger partial charge in [0.2, 0.25) is 0 Å². The third kappa shape index (κ3) is 2.78. The first kappa shape index (κ1) is 15.5. The molecule has 0 fully saturated rings. The fourth-order valence-corrected chi connectivity index (χ4v) is 2.34. The van der Waals surface area contributed by atoms with Crippen LogP contribution in [0, 0.1) is 5.82 Å². The molecule has 0 atom stereocenters. The van der Waals surface area contributed by atoms with E-state index in [0.29, 0.717) is 12.1 Å². The Kier molecular flexibility index (Phi) is 4.28. The number of rotatable bonds is 4. The molecule has 0 bridgehead atoms. The second kappa shape index (κ2) is 5.51. The second-order valence-corrected chi connectivity index (χ2v) is 6.38. The van der Waals surface area contributed by atoms with Gasteiger partial charge < -0.3 is 9.47 Å². The van der Waals surface area contributed by atoms with Crippen LogP contribution in [0.3, 0.4) is 0 Å². The van der Waals surface area contributed by atoms with Gasteiger partial charge in [-0.05, 0) is 34.0 Å². The quantitative estimate of drug-likeness (QED) is 0.797. The second-order valence-electron chi connectivity index (χ2n) is 5.71. The molecule has 0 saturated carbocycles. The molecule has 0 N–H and O–H groups in total. The summed E-state index contributed by atoms with van der Waals surface area (Å²) < 4.78 is 15.7. The first-order valence-electron chi connectivity index (χ1n) is 6.34. The first-order chi connectivity index (χ1) is 9.26. The van der Waals surface area contributed by atoms with Crippen molar-refractivity contribution in [3.05, 3.63) is 28.8 Å². The SMILES string of the molecule is CN(C)C(C)(C)Cn1c(CCl)nc2cc(Cl)c(F)cc21. The lowest BCUT2D eigenvalue weighted by atomic mass is 10.0. The highest BCUT2D eigenvalue weighted by molar-refractivity contribution is 6.31. The summed E-state index contributed by atoms with van der Waals surface area (Å²) in [6.07, 6.45) is 0. The number of hydrogen-bond donors (Lipinski definition) is 0. The zero-order valence-electron chi connectivity index (χ0n) is 12.0. The fraction of sp³-hybridized carbons (Fsp3) is 0.500. The van der Waals surface area contributed by atoms with Crippen molar-refractivity contribution in [3.8, 4) is 0 Å². The predicted molar refractivity (Wildman–Crippen MR) is 82.0 cm³/mol. The Hall–Kier alpha value is -0.840. The Labute approximate surface area is 128 Å². The minimum absolute atomic E-state index is 0.0788. The highest BCUT2D eigenvalue weighted by Crippen LogP contribution is 2.26. The van der Waals surface area contributed by atoms with Crippen molar-refractivity contribution in [2.45, 2.75) is 31.8 Å². The Balaban J connectivity index is 2.59. The molecular formula is C14H18Cl2FN3. The molecule has 0 aliphatic heterocycles. The number of benzene rings is 1. The van der Waals surface area contributed by atoms with Crippen molar-refractivity contribution in [2.75, 3.05) is 14.1 Å². The summed E-state index contributed by atoms with van der Waals surface area (Å²) in [6, 6.07) is 2.97. The van der Waals surface area contributed by atoms with Crippen molar-refractivity contribution in [1.82, 2.24) is 14.5 Å². The molecule has 110 valence electrons. The zero-order valence-corrected chi connectivity index (χ0v) is 13.6. The van der Waals surface area contributed by atoms with E-state index in [9.17, 15) is 4.39 Å². The largest absolute Gasteiger partial charge is 0.325 e. The van der Waals surface area contributed by atoms with E-state index in [2.05, 4.69) is 23.7 Å². The van der Waals surface area contributed by atoms with Crippen molar-refractivity contribution in [1.29, 1.82) is 0 Å². The molecule has 3 nitrogen and oxygen atoms in total. The van der Waals surface area contributed by atoms with Crippen molar-refractivity contribution in [2.24, 2.45) is 0 Å². The zero-order chi connectivity index (χ0) is 15.1. The van der Waals surface area contributed by atoms with Gasteiger partial charge in [0.1, 0.15) is 11.6 Å². The number of halogens is 3. The number of nitrogens with zero attached hydrogens (tertiary/aromatic N) is 3. The van der Waals surface area contributed by atoms with Crippen LogP contribution >= 0.6 is 23.2 Å². The molecule has 6 heteroatoms. The van der Waals surface area contributed by atoms with Crippen LogP contribution in [-0.2, 0) is 12.4 Å². The third-order valence-corrected chi connectivity index (χ3v) is 4.27. The number of fused-ring (bicyclic) bond motifs is 1. The molecule has 1 heterocycles.